The molecule has 4 nitrogen and oxygen atoms in total. The quantitative estimate of drug-likeness (QED) is 0.463. The summed E-state index contributed by atoms with van der Waals surface area (Å²) in [5.41, 5.74) is 3.07. The lowest BCUT2D eigenvalue weighted by atomic mass is 10.3. The van der Waals surface area contributed by atoms with Gasteiger partial charge in [0.15, 0.2) is 0 Å². The summed E-state index contributed by atoms with van der Waals surface area (Å²) in [6, 6.07) is 0. The van der Waals surface area contributed by atoms with Crippen molar-refractivity contribution in [2.75, 3.05) is 33.7 Å². The highest BCUT2D eigenvalue weighted by atomic mass is 16.3. The minimum Gasteiger partial charge on any atom is -0.390 e. The Labute approximate surface area is 81.3 Å². The van der Waals surface area contributed by atoms with Gasteiger partial charge in [-0.2, -0.15) is 0 Å². The second kappa shape index (κ2) is 8.44. The van der Waals surface area contributed by atoms with Crippen LogP contribution in [0.2, 0.25) is 0 Å². The van der Waals surface area contributed by atoms with Crippen LogP contribution in [0.5, 0.6) is 0 Å². The van der Waals surface area contributed by atoms with Crippen LogP contribution in [-0.4, -0.2) is 49.9 Å². The Morgan fingerprint density at radius 2 is 2.08 bits per heavy atom. The average molecular weight is 189 g/mol. The smallest absolute Gasteiger partial charge is 0.0805 e. The van der Waals surface area contributed by atoms with Gasteiger partial charge >= 0.3 is 0 Å². The molecule has 0 saturated heterocycles. The Morgan fingerprint density at radius 3 is 2.54 bits per heavy atom. The van der Waals surface area contributed by atoms with E-state index in [9.17, 15) is 5.11 Å². The van der Waals surface area contributed by atoms with Crippen molar-refractivity contribution in [2.24, 2.45) is 0 Å². The first-order chi connectivity index (χ1) is 6.24. The number of hydrogen-bond donors (Lipinski definition) is 3. The van der Waals surface area contributed by atoms with E-state index < -0.39 is 0 Å². The van der Waals surface area contributed by atoms with Gasteiger partial charge in [0.1, 0.15) is 0 Å². The molecule has 0 fully saturated rings. The van der Waals surface area contributed by atoms with Gasteiger partial charge in [-0.25, -0.2) is 5.01 Å². The lowest BCUT2D eigenvalue weighted by Gasteiger charge is -2.23. The van der Waals surface area contributed by atoms with E-state index in [2.05, 4.69) is 17.7 Å². The van der Waals surface area contributed by atoms with Gasteiger partial charge in [-0.1, -0.05) is 13.3 Å². The number of rotatable bonds is 8. The van der Waals surface area contributed by atoms with Crippen molar-refractivity contribution in [3.05, 3.63) is 0 Å². The van der Waals surface area contributed by atoms with Crippen molar-refractivity contribution < 1.29 is 5.11 Å². The molecule has 1 atom stereocenters. The van der Waals surface area contributed by atoms with Crippen LogP contribution in [-0.2, 0) is 0 Å². The molecule has 0 aliphatic heterocycles. The molecular formula is C9H23N3O. The summed E-state index contributed by atoms with van der Waals surface area (Å²) in [6.45, 7) is 4.48. The molecule has 0 bridgehead atoms. The molecule has 0 spiro atoms. The maximum atomic E-state index is 9.51. The van der Waals surface area contributed by atoms with Gasteiger partial charge < -0.3 is 10.4 Å². The summed E-state index contributed by atoms with van der Waals surface area (Å²) >= 11 is 0. The summed E-state index contributed by atoms with van der Waals surface area (Å²) in [7, 11) is 3.74. The van der Waals surface area contributed by atoms with Gasteiger partial charge in [0.2, 0.25) is 0 Å². The molecule has 4 heteroatoms. The van der Waals surface area contributed by atoms with E-state index in [0.717, 1.165) is 13.0 Å². The van der Waals surface area contributed by atoms with Gasteiger partial charge in [0.05, 0.1) is 6.10 Å². The standard InChI is InChI=1S/C9H23N3O/c1-4-5-6-12(11-3)8-9(13)7-10-2/h9-11,13H,4-8H2,1-3H3/t9-/m1/s1. The molecule has 0 aliphatic carbocycles. The molecular weight excluding hydrogens is 166 g/mol. The Hall–Kier alpha value is -0.160. The maximum Gasteiger partial charge on any atom is 0.0805 e. The molecule has 0 aliphatic rings. The van der Waals surface area contributed by atoms with Crippen molar-refractivity contribution in [3.8, 4) is 0 Å². The van der Waals surface area contributed by atoms with Gasteiger partial charge in [-0.15, -0.1) is 0 Å². The zero-order valence-corrected chi connectivity index (χ0v) is 9.01. The van der Waals surface area contributed by atoms with E-state index >= 15 is 0 Å². The molecule has 0 rings (SSSR count). The summed E-state index contributed by atoms with van der Waals surface area (Å²) in [5.74, 6) is 0. The predicted molar refractivity (Wildman–Crippen MR) is 55.5 cm³/mol. The molecule has 0 amide bonds. The number of hydrogen-bond acceptors (Lipinski definition) is 4. The Bertz CT molecular complexity index is 111. The molecule has 0 aromatic carbocycles. The van der Waals surface area contributed by atoms with Crippen LogP contribution in [0, 0.1) is 0 Å². The first-order valence-electron chi connectivity index (χ1n) is 4.99. The monoisotopic (exact) mass is 189 g/mol. The summed E-state index contributed by atoms with van der Waals surface area (Å²) < 4.78 is 0. The minimum absolute atomic E-state index is 0.297. The van der Waals surface area contributed by atoms with Crippen molar-refractivity contribution in [1.29, 1.82) is 0 Å². The predicted octanol–water partition coefficient (Wildman–Crippen LogP) is -0.197. The van der Waals surface area contributed by atoms with Crippen molar-refractivity contribution in [2.45, 2.75) is 25.9 Å². The number of unbranched alkanes of at least 4 members (excludes halogenated alkanes) is 1. The second-order valence-electron chi connectivity index (χ2n) is 3.23. The van der Waals surface area contributed by atoms with Gasteiger partial charge in [0, 0.05) is 19.6 Å². The zero-order valence-electron chi connectivity index (χ0n) is 9.01. The number of aliphatic hydroxyl groups is 1. The third kappa shape index (κ3) is 6.95. The number of likely N-dealkylation sites (N-methyl/N-ethyl adjacent to an activating group) is 1. The average Bonchev–Trinajstić information content (AvgIpc) is 2.12. The number of nitrogens with zero attached hydrogens (tertiary/aromatic N) is 1. The maximum absolute atomic E-state index is 9.51. The fraction of sp³-hybridized carbons (Fsp3) is 1.00. The first kappa shape index (κ1) is 12.8. The number of aliphatic hydroxyl groups excluding tert-OH is 1. The summed E-state index contributed by atoms with van der Waals surface area (Å²) in [6.07, 6.45) is 2.04. The molecule has 13 heavy (non-hydrogen) atoms. The zero-order chi connectivity index (χ0) is 10.1. The van der Waals surface area contributed by atoms with Crippen molar-refractivity contribution in [1.82, 2.24) is 15.8 Å². The highest BCUT2D eigenvalue weighted by molar-refractivity contribution is 4.62. The first-order valence-corrected chi connectivity index (χ1v) is 4.99. The molecule has 0 heterocycles. The van der Waals surface area contributed by atoms with Crippen molar-refractivity contribution in [3.63, 3.8) is 0 Å². The highest BCUT2D eigenvalue weighted by Crippen LogP contribution is 1.93. The van der Waals surface area contributed by atoms with Crippen molar-refractivity contribution >= 4 is 0 Å². The molecule has 80 valence electrons. The normalized spacial score (nSPS) is 13.6. The molecule has 3 N–H and O–H groups in total. The highest BCUT2D eigenvalue weighted by Gasteiger charge is 2.08. The SMILES string of the molecule is CCCCN(C[C@H](O)CNC)NC. The summed E-state index contributed by atoms with van der Waals surface area (Å²) in [4.78, 5) is 0. The molecule has 0 aromatic rings. The van der Waals surface area contributed by atoms with E-state index in [1.54, 1.807) is 0 Å². The van der Waals surface area contributed by atoms with Gasteiger partial charge in [0.25, 0.3) is 0 Å². The minimum atomic E-state index is -0.297. The third-order valence-electron chi connectivity index (χ3n) is 1.97. The topological polar surface area (TPSA) is 47.5 Å². The second-order valence-corrected chi connectivity index (χ2v) is 3.23. The van der Waals surface area contributed by atoms with Gasteiger partial charge in [-0.3, -0.25) is 5.43 Å². The fourth-order valence-corrected chi connectivity index (χ4v) is 1.20. The number of nitrogens with one attached hydrogen (secondary N) is 2. The van der Waals surface area contributed by atoms with Crippen LogP contribution >= 0.6 is 0 Å². The van der Waals surface area contributed by atoms with E-state index in [1.807, 2.05) is 19.1 Å². The molecule has 0 aromatic heterocycles. The third-order valence-corrected chi connectivity index (χ3v) is 1.97. The largest absolute Gasteiger partial charge is 0.390 e. The van der Waals surface area contributed by atoms with Crippen LogP contribution in [0.4, 0.5) is 0 Å². The Morgan fingerprint density at radius 1 is 1.38 bits per heavy atom. The Kier molecular flexibility index (Phi) is 8.33. The molecule has 0 radical (unpaired) electrons. The van der Waals surface area contributed by atoms with E-state index in [4.69, 9.17) is 0 Å². The summed E-state index contributed by atoms with van der Waals surface area (Å²) in [5, 5.41) is 14.5. The lowest BCUT2D eigenvalue weighted by Crippen LogP contribution is -2.43. The van der Waals surface area contributed by atoms with Gasteiger partial charge in [-0.05, 0) is 20.5 Å². The van der Waals surface area contributed by atoms with E-state index in [0.29, 0.717) is 13.1 Å². The van der Waals surface area contributed by atoms with Crippen LogP contribution in [0.3, 0.4) is 0 Å². The Balaban J connectivity index is 3.56. The number of hydrazine groups is 1. The van der Waals surface area contributed by atoms with Crippen LogP contribution < -0.4 is 10.7 Å². The molecule has 0 saturated carbocycles. The fourth-order valence-electron chi connectivity index (χ4n) is 1.20. The lowest BCUT2D eigenvalue weighted by molar-refractivity contribution is 0.0880. The van der Waals surface area contributed by atoms with E-state index in [1.165, 1.54) is 6.42 Å². The van der Waals surface area contributed by atoms with Crippen LogP contribution in [0.1, 0.15) is 19.8 Å². The van der Waals surface area contributed by atoms with Crippen LogP contribution in [0.15, 0.2) is 0 Å². The van der Waals surface area contributed by atoms with Crippen LogP contribution in [0.25, 0.3) is 0 Å². The molecule has 0 unspecified atom stereocenters. The van der Waals surface area contributed by atoms with E-state index in [-0.39, 0.29) is 6.10 Å².